The van der Waals surface area contributed by atoms with Gasteiger partial charge in [-0.3, -0.25) is 4.79 Å². The van der Waals surface area contributed by atoms with Crippen molar-refractivity contribution in [2.24, 2.45) is 11.8 Å². The molecule has 4 heteroatoms. The van der Waals surface area contributed by atoms with Crippen LogP contribution in [0.15, 0.2) is 24.3 Å². The fourth-order valence-corrected chi connectivity index (χ4v) is 3.79. The molecule has 1 aliphatic carbocycles. The topological polar surface area (TPSA) is 32.8 Å². The molecule has 0 aromatic heterocycles. The Morgan fingerprint density at radius 2 is 1.74 bits per heavy atom. The van der Waals surface area contributed by atoms with Gasteiger partial charge in [-0.15, -0.1) is 0 Å². The van der Waals surface area contributed by atoms with Crippen LogP contribution < -0.4 is 9.80 Å². The minimum absolute atomic E-state index is 0.287. The number of carbonyl (C=O) groups excluding carboxylic acids is 1. The normalized spacial score (nSPS) is 22.1. The van der Waals surface area contributed by atoms with Gasteiger partial charge in [-0.25, -0.2) is 0 Å². The van der Waals surface area contributed by atoms with Crippen LogP contribution in [0.2, 0.25) is 0 Å². The maximum atomic E-state index is 12.8. The Morgan fingerprint density at radius 3 is 2.48 bits per heavy atom. The van der Waals surface area contributed by atoms with Gasteiger partial charge >= 0.3 is 0 Å². The van der Waals surface area contributed by atoms with Gasteiger partial charge in [0.05, 0.1) is 11.4 Å². The lowest BCUT2D eigenvalue weighted by molar-refractivity contribution is -0.120. The van der Waals surface area contributed by atoms with Gasteiger partial charge in [-0.05, 0) is 49.7 Å². The van der Waals surface area contributed by atoms with Gasteiger partial charge in [0.15, 0.2) is 0 Å². The van der Waals surface area contributed by atoms with Gasteiger partial charge in [0.2, 0.25) is 5.91 Å². The molecule has 2 aliphatic heterocycles. The molecule has 1 aromatic carbocycles. The summed E-state index contributed by atoms with van der Waals surface area (Å²) in [7, 11) is 0. The van der Waals surface area contributed by atoms with E-state index in [0.717, 1.165) is 57.3 Å². The fraction of sp³-hybridized carbons (Fsp3) is 0.632. The number of benzene rings is 1. The van der Waals surface area contributed by atoms with Crippen molar-refractivity contribution in [3.8, 4) is 0 Å². The number of hydrogen-bond acceptors (Lipinski definition) is 3. The van der Waals surface area contributed by atoms with Crippen molar-refractivity contribution in [1.29, 1.82) is 0 Å². The quantitative estimate of drug-likeness (QED) is 0.856. The van der Waals surface area contributed by atoms with E-state index in [4.69, 9.17) is 4.74 Å². The van der Waals surface area contributed by atoms with Crippen molar-refractivity contribution in [2.75, 3.05) is 42.6 Å². The van der Waals surface area contributed by atoms with Crippen molar-refractivity contribution in [3.63, 3.8) is 0 Å². The lowest BCUT2D eigenvalue weighted by Gasteiger charge is -2.38. The Labute approximate surface area is 138 Å². The third kappa shape index (κ3) is 3.37. The lowest BCUT2D eigenvalue weighted by atomic mass is 9.95. The predicted molar refractivity (Wildman–Crippen MR) is 91.9 cm³/mol. The first-order chi connectivity index (χ1) is 11.3. The first kappa shape index (κ1) is 15.0. The fourth-order valence-electron chi connectivity index (χ4n) is 3.79. The number of fused-ring (bicyclic) bond motifs is 1. The van der Waals surface area contributed by atoms with E-state index >= 15 is 0 Å². The molecule has 0 atom stereocenters. The van der Waals surface area contributed by atoms with Crippen LogP contribution >= 0.6 is 0 Å². The van der Waals surface area contributed by atoms with Gasteiger partial charge in [0.25, 0.3) is 0 Å². The molecule has 124 valence electrons. The Morgan fingerprint density at radius 1 is 1.00 bits per heavy atom. The van der Waals surface area contributed by atoms with E-state index in [2.05, 4.69) is 23.1 Å². The largest absolute Gasteiger partial charge is 0.381 e. The van der Waals surface area contributed by atoms with Crippen LogP contribution in [0.1, 0.15) is 32.1 Å². The summed E-state index contributed by atoms with van der Waals surface area (Å²) < 4.78 is 5.41. The molecular weight excluding hydrogens is 288 g/mol. The molecular formula is C19H26N2O2. The van der Waals surface area contributed by atoms with E-state index in [1.165, 1.54) is 18.5 Å². The second-order valence-electron chi connectivity index (χ2n) is 7.18. The SMILES string of the molecule is O=C(CC1CCOCC1)N1CCN(CC2CC2)c2ccccc21. The summed E-state index contributed by atoms with van der Waals surface area (Å²) in [5.41, 5.74) is 2.35. The summed E-state index contributed by atoms with van der Waals surface area (Å²) in [5.74, 6) is 1.65. The van der Waals surface area contributed by atoms with E-state index in [-0.39, 0.29) is 5.91 Å². The van der Waals surface area contributed by atoms with Crippen molar-refractivity contribution in [2.45, 2.75) is 32.1 Å². The third-order valence-corrected chi connectivity index (χ3v) is 5.39. The summed E-state index contributed by atoms with van der Waals surface area (Å²) in [4.78, 5) is 17.3. The van der Waals surface area contributed by atoms with E-state index in [9.17, 15) is 4.79 Å². The third-order valence-electron chi connectivity index (χ3n) is 5.39. The molecule has 0 bridgehead atoms. The molecule has 0 spiro atoms. The highest BCUT2D eigenvalue weighted by molar-refractivity contribution is 5.98. The molecule has 2 fully saturated rings. The predicted octanol–water partition coefficient (Wildman–Crippen LogP) is 3.07. The maximum absolute atomic E-state index is 12.8. The number of nitrogens with zero attached hydrogens (tertiary/aromatic N) is 2. The van der Waals surface area contributed by atoms with Crippen LogP contribution in [-0.2, 0) is 9.53 Å². The highest BCUT2D eigenvalue weighted by Gasteiger charge is 2.31. The molecule has 4 rings (SSSR count). The van der Waals surface area contributed by atoms with Gasteiger partial charge in [-0.2, -0.15) is 0 Å². The highest BCUT2D eigenvalue weighted by Crippen LogP contribution is 2.37. The van der Waals surface area contributed by atoms with E-state index in [1.54, 1.807) is 0 Å². The molecule has 23 heavy (non-hydrogen) atoms. The van der Waals surface area contributed by atoms with Gasteiger partial charge in [-0.1, -0.05) is 12.1 Å². The number of carbonyl (C=O) groups is 1. The zero-order valence-electron chi connectivity index (χ0n) is 13.7. The maximum Gasteiger partial charge on any atom is 0.227 e. The Balaban J connectivity index is 1.48. The second-order valence-corrected chi connectivity index (χ2v) is 7.18. The van der Waals surface area contributed by atoms with Crippen molar-refractivity contribution >= 4 is 17.3 Å². The molecule has 1 amide bonds. The van der Waals surface area contributed by atoms with E-state index < -0.39 is 0 Å². The Hall–Kier alpha value is -1.55. The van der Waals surface area contributed by atoms with Crippen molar-refractivity contribution in [1.82, 2.24) is 0 Å². The molecule has 1 aromatic rings. The van der Waals surface area contributed by atoms with Gasteiger partial charge in [0.1, 0.15) is 0 Å². The molecule has 2 heterocycles. The summed E-state index contributed by atoms with van der Waals surface area (Å²) in [5, 5.41) is 0. The Kier molecular flexibility index (Phi) is 4.25. The van der Waals surface area contributed by atoms with Crippen LogP contribution in [-0.4, -0.2) is 38.8 Å². The molecule has 3 aliphatic rings. The number of hydrogen-bond donors (Lipinski definition) is 0. The summed E-state index contributed by atoms with van der Waals surface area (Å²) in [6.45, 7) is 4.56. The zero-order chi connectivity index (χ0) is 15.6. The van der Waals surface area contributed by atoms with Crippen LogP contribution in [0.25, 0.3) is 0 Å². The molecule has 0 radical (unpaired) electrons. The molecule has 1 saturated heterocycles. The molecule has 0 N–H and O–H groups in total. The van der Waals surface area contributed by atoms with Gasteiger partial charge < -0.3 is 14.5 Å². The summed E-state index contributed by atoms with van der Waals surface area (Å²) >= 11 is 0. The van der Waals surface area contributed by atoms with E-state index in [1.807, 2.05) is 11.0 Å². The number of amides is 1. The van der Waals surface area contributed by atoms with Gasteiger partial charge in [0, 0.05) is 39.3 Å². The number of anilines is 2. The van der Waals surface area contributed by atoms with Crippen molar-refractivity contribution in [3.05, 3.63) is 24.3 Å². The smallest absolute Gasteiger partial charge is 0.227 e. The van der Waals surface area contributed by atoms with Crippen molar-refractivity contribution < 1.29 is 9.53 Å². The minimum atomic E-state index is 0.287. The first-order valence-corrected chi connectivity index (χ1v) is 9.03. The van der Waals surface area contributed by atoms with Crippen LogP contribution in [0.5, 0.6) is 0 Å². The lowest BCUT2D eigenvalue weighted by Crippen LogP contribution is -2.45. The zero-order valence-corrected chi connectivity index (χ0v) is 13.7. The molecule has 1 saturated carbocycles. The van der Waals surface area contributed by atoms with E-state index in [0.29, 0.717) is 12.3 Å². The second kappa shape index (κ2) is 6.52. The highest BCUT2D eigenvalue weighted by atomic mass is 16.5. The van der Waals surface area contributed by atoms with Crippen LogP contribution in [0.4, 0.5) is 11.4 Å². The minimum Gasteiger partial charge on any atom is -0.381 e. The number of rotatable bonds is 4. The average molecular weight is 314 g/mol. The summed E-state index contributed by atoms with van der Waals surface area (Å²) in [6, 6.07) is 8.42. The number of para-hydroxylation sites is 2. The molecule has 4 nitrogen and oxygen atoms in total. The van der Waals surface area contributed by atoms with Crippen LogP contribution in [0.3, 0.4) is 0 Å². The first-order valence-electron chi connectivity index (χ1n) is 9.03. The van der Waals surface area contributed by atoms with Crippen LogP contribution in [0, 0.1) is 11.8 Å². The standard InChI is InChI=1S/C19H26N2O2/c22-19(13-15-7-11-23-12-8-15)21-10-9-20(14-16-5-6-16)17-3-1-2-4-18(17)21/h1-4,15-16H,5-14H2. The Bertz CT molecular complexity index is 564. The number of ether oxygens (including phenoxy) is 1. The summed E-state index contributed by atoms with van der Waals surface area (Å²) in [6.07, 6.45) is 5.44. The molecule has 0 unspecified atom stereocenters. The monoisotopic (exact) mass is 314 g/mol. The average Bonchev–Trinajstić information content (AvgIpc) is 3.40.